The highest BCUT2D eigenvalue weighted by atomic mass is 16.5. The van der Waals surface area contributed by atoms with E-state index in [4.69, 9.17) is 4.74 Å². The van der Waals surface area contributed by atoms with Crippen molar-refractivity contribution in [2.45, 2.75) is 0 Å². The number of nitrogens with one attached hydrogen (secondary N) is 1. The summed E-state index contributed by atoms with van der Waals surface area (Å²) in [7, 11) is 1.55. The lowest BCUT2D eigenvalue weighted by Crippen LogP contribution is -2.31. The zero-order chi connectivity index (χ0) is 15.5. The Labute approximate surface area is 127 Å². The number of rotatable bonds is 4. The van der Waals surface area contributed by atoms with Gasteiger partial charge in [0, 0.05) is 6.08 Å². The molecular weight excluding hydrogens is 280 g/mol. The Morgan fingerprint density at radius 3 is 2.36 bits per heavy atom. The molecule has 0 bridgehead atoms. The van der Waals surface area contributed by atoms with Crippen molar-refractivity contribution in [1.29, 1.82) is 0 Å². The molecule has 5 nitrogen and oxygen atoms in total. The average Bonchev–Trinajstić information content (AvgIpc) is 2.83. The predicted octanol–water partition coefficient (Wildman–Crippen LogP) is 2.56. The highest BCUT2D eigenvalue weighted by molar-refractivity contribution is 6.31. The minimum atomic E-state index is -0.387. The molecule has 1 aliphatic heterocycles. The third-order valence-electron chi connectivity index (χ3n) is 3.31. The predicted molar refractivity (Wildman–Crippen MR) is 83.6 cm³/mol. The zero-order valence-electron chi connectivity index (χ0n) is 11.9. The maximum Gasteiger partial charge on any atom is 0.281 e. The fraction of sp³-hybridized carbons (Fsp3) is 0.0588. The molecule has 0 saturated heterocycles. The number of amides is 2. The van der Waals surface area contributed by atoms with Gasteiger partial charge in [-0.1, -0.05) is 30.3 Å². The van der Waals surface area contributed by atoms with Crippen molar-refractivity contribution in [2.75, 3.05) is 17.3 Å². The van der Waals surface area contributed by atoms with E-state index in [9.17, 15) is 9.59 Å². The quantitative estimate of drug-likeness (QED) is 0.880. The topological polar surface area (TPSA) is 58.6 Å². The Bertz CT molecular complexity index is 754. The highest BCUT2D eigenvalue weighted by Gasteiger charge is 2.32. The molecule has 1 heterocycles. The number of benzene rings is 2. The van der Waals surface area contributed by atoms with Gasteiger partial charge in [-0.15, -0.1) is 0 Å². The van der Waals surface area contributed by atoms with Gasteiger partial charge in [-0.25, -0.2) is 4.90 Å². The summed E-state index contributed by atoms with van der Waals surface area (Å²) in [5, 5.41) is 2.96. The fourth-order valence-corrected chi connectivity index (χ4v) is 2.27. The molecule has 0 atom stereocenters. The Morgan fingerprint density at radius 1 is 0.955 bits per heavy atom. The van der Waals surface area contributed by atoms with E-state index in [1.165, 1.54) is 6.08 Å². The first-order chi connectivity index (χ1) is 10.7. The van der Waals surface area contributed by atoms with Gasteiger partial charge in [0.25, 0.3) is 11.8 Å². The van der Waals surface area contributed by atoms with Crippen LogP contribution in [0.15, 0.2) is 66.4 Å². The van der Waals surface area contributed by atoms with E-state index in [1.807, 2.05) is 18.2 Å². The summed E-state index contributed by atoms with van der Waals surface area (Å²) in [5.74, 6) is -0.155. The van der Waals surface area contributed by atoms with Crippen LogP contribution in [0.4, 0.5) is 11.4 Å². The first kappa shape index (κ1) is 13.9. The van der Waals surface area contributed by atoms with Crippen molar-refractivity contribution in [3.8, 4) is 5.75 Å². The van der Waals surface area contributed by atoms with Crippen LogP contribution in [0, 0.1) is 0 Å². The number of anilines is 2. The lowest BCUT2D eigenvalue weighted by atomic mass is 10.2. The number of nitrogens with zero attached hydrogens (tertiary/aromatic N) is 1. The van der Waals surface area contributed by atoms with Crippen LogP contribution in [-0.2, 0) is 9.59 Å². The molecule has 110 valence electrons. The highest BCUT2D eigenvalue weighted by Crippen LogP contribution is 2.28. The van der Waals surface area contributed by atoms with E-state index in [2.05, 4.69) is 5.32 Å². The third-order valence-corrected chi connectivity index (χ3v) is 3.31. The average molecular weight is 294 g/mol. The standard InChI is InChI=1S/C17H14N2O3/c1-22-15-10-6-5-9-13(15)18-14-11-16(20)19(17(14)21)12-7-3-2-4-8-12/h2-11,18H,1H3. The molecule has 3 rings (SSSR count). The van der Waals surface area contributed by atoms with Crippen LogP contribution in [0.2, 0.25) is 0 Å². The summed E-state index contributed by atoms with van der Waals surface area (Å²) in [5.41, 5.74) is 1.40. The fourth-order valence-electron chi connectivity index (χ4n) is 2.27. The van der Waals surface area contributed by atoms with Crippen LogP contribution in [0.3, 0.4) is 0 Å². The van der Waals surface area contributed by atoms with Gasteiger partial charge in [-0.3, -0.25) is 9.59 Å². The minimum Gasteiger partial charge on any atom is -0.495 e. The van der Waals surface area contributed by atoms with Crippen molar-refractivity contribution in [2.24, 2.45) is 0 Å². The number of methoxy groups -OCH3 is 1. The Morgan fingerprint density at radius 2 is 1.64 bits per heavy atom. The summed E-state index contributed by atoms with van der Waals surface area (Å²) in [6.07, 6.45) is 1.29. The van der Waals surface area contributed by atoms with E-state index >= 15 is 0 Å². The summed E-state index contributed by atoms with van der Waals surface area (Å²) < 4.78 is 5.23. The zero-order valence-corrected chi connectivity index (χ0v) is 11.9. The monoisotopic (exact) mass is 294 g/mol. The molecule has 1 aliphatic rings. The smallest absolute Gasteiger partial charge is 0.281 e. The van der Waals surface area contributed by atoms with Crippen LogP contribution in [0.5, 0.6) is 5.75 Å². The first-order valence-electron chi connectivity index (χ1n) is 6.76. The van der Waals surface area contributed by atoms with Crippen molar-refractivity contribution in [3.63, 3.8) is 0 Å². The van der Waals surface area contributed by atoms with Crippen LogP contribution >= 0.6 is 0 Å². The number of carbonyl (C=O) groups is 2. The minimum absolute atomic E-state index is 0.221. The van der Waals surface area contributed by atoms with Crippen LogP contribution in [0.25, 0.3) is 0 Å². The largest absolute Gasteiger partial charge is 0.495 e. The number of para-hydroxylation sites is 3. The maximum absolute atomic E-state index is 12.5. The van der Waals surface area contributed by atoms with Crippen molar-refractivity contribution in [3.05, 3.63) is 66.4 Å². The molecule has 0 saturated carbocycles. The Hall–Kier alpha value is -3.08. The van der Waals surface area contributed by atoms with Crippen molar-refractivity contribution < 1.29 is 14.3 Å². The number of hydrogen-bond donors (Lipinski definition) is 1. The molecule has 5 heteroatoms. The lowest BCUT2D eigenvalue weighted by Gasteiger charge is -2.15. The molecule has 0 aliphatic carbocycles. The van der Waals surface area contributed by atoms with Crippen molar-refractivity contribution >= 4 is 23.2 Å². The van der Waals surface area contributed by atoms with Crippen LogP contribution < -0.4 is 15.0 Å². The third kappa shape index (κ3) is 2.44. The summed E-state index contributed by atoms with van der Waals surface area (Å²) in [4.78, 5) is 25.7. The molecule has 0 fully saturated rings. The second-order valence-corrected chi connectivity index (χ2v) is 4.70. The number of hydrogen-bond acceptors (Lipinski definition) is 4. The van der Waals surface area contributed by atoms with Gasteiger partial charge in [-0.2, -0.15) is 0 Å². The molecule has 0 radical (unpaired) electrons. The lowest BCUT2D eigenvalue weighted by molar-refractivity contribution is -0.120. The normalized spacial score (nSPS) is 14.0. The van der Waals surface area contributed by atoms with E-state index < -0.39 is 0 Å². The van der Waals surface area contributed by atoms with Crippen molar-refractivity contribution in [1.82, 2.24) is 0 Å². The first-order valence-corrected chi connectivity index (χ1v) is 6.76. The second-order valence-electron chi connectivity index (χ2n) is 4.70. The van der Waals surface area contributed by atoms with Crippen LogP contribution in [0.1, 0.15) is 0 Å². The van der Waals surface area contributed by atoms with Gasteiger partial charge in [-0.05, 0) is 24.3 Å². The van der Waals surface area contributed by atoms with Crippen LogP contribution in [-0.4, -0.2) is 18.9 Å². The number of imide groups is 1. The second kappa shape index (κ2) is 5.73. The molecule has 0 aromatic heterocycles. The molecule has 2 aromatic carbocycles. The van der Waals surface area contributed by atoms with Gasteiger partial charge in [0.15, 0.2) is 0 Å². The molecule has 1 N–H and O–H groups in total. The van der Waals surface area contributed by atoms with Gasteiger partial charge in [0.2, 0.25) is 0 Å². The Balaban J connectivity index is 1.86. The van der Waals surface area contributed by atoms with Gasteiger partial charge < -0.3 is 10.1 Å². The maximum atomic E-state index is 12.5. The van der Waals surface area contributed by atoms with E-state index in [0.717, 1.165) is 4.90 Å². The molecule has 0 unspecified atom stereocenters. The number of ether oxygens (including phenoxy) is 1. The van der Waals surface area contributed by atoms with E-state index in [1.54, 1.807) is 43.5 Å². The number of carbonyl (C=O) groups excluding carboxylic acids is 2. The van der Waals surface area contributed by atoms with Gasteiger partial charge in [0.1, 0.15) is 11.4 Å². The molecule has 22 heavy (non-hydrogen) atoms. The summed E-state index contributed by atoms with van der Waals surface area (Å²) >= 11 is 0. The van der Waals surface area contributed by atoms with Gasteiger partial charge >= 0.3 is 0 Å². The van der Waals surface area contributed by atoms with Gasteiger partial charge in [0.05, 0.1) is 18.5 Å². The summed E-state index contributed by atoms with van der Waals surface area (Å²) in [6.45, 7) is 0. The molecule has 0 spiro atoms. The molecular formula is C17H14N2O3. The molecule has 2 aromatic rings. The SMILES string of the molecule is COc1ccccc1NC1=CC(=O)N(c2ccccc2)C1=O. The van der Waals surface area contributed by atoms with E-state index in [0.29, 0.717) is 17.1 Å². The van der Waals surface area contributed by atoms with E-state index in [-0.39, 0.29) is 17.5 Å². The Kier molecular flexibility index (Phi) is 3.62. The molecule has 2 amide bonds. The summed E-state index contributed by atoms with van der Waals surface area (Å²) in [6, 6.07) is 16.0.